The molecule has 2 saturated heterocycles. The molecule has 4 aromatic rings. The van der Waals surface area contributed by atoms with E-state index in [4.69, 9.17) is 9.72 Å². The van der Waals surface area contributed by atoms with Gasteiger partial charge in [-0.2, -0.15) is 0 Å². The topological polar surface area (TPSA) is 83.5 Å². The third-order valence-electron chi connectivity index (χ3n) is 8.03. The number of nitrogens with zero attached hydrogens (tertiary/aromatic N) is 5. The van der Waals surface area contributed by atoms with Crippen LogP contribution in [0.4, 0.5) is 26.0 Å². The van der Waals surface area contributed by atoms with Crippen molar-refractivity contribution >= 4 is 34.4 Å². The number of carbonyl (C=O) groups excluding carboxylic acids is 1. The highest BCUT2D eigenvalue weighted by molar-refractivity contribution is 5.98. The van der Waals surface area contributed by atoms with E-state index in [0.717, 1.165) is 68.4 Å². The van der Waals surface area contributed by atoms with Crippen LogP contribution in [-0.2, 0) is 9.53 Å². The molecule has 0 bridgehead atoms. The van der Waals surface area contributed by atoms with Crippen LogP contribution in [0, 0.1) is 18.6 Å². The molecule has 0 aliphatic carbocycles. The lowest BCUT2D eigenvalue weighted by molar-refractivity contribution is -0.109. The largest absolute Gasteiger partial charge is 0.378 e. The minimum Gasteiger partial charge on any atom is -0.378 e. The number of carbonyl (C=O) groups is 1. The van der Waals surface area contributed by atoms with Gasteiger partial charge >= 0.3 is 0 Å². The average molecular weight is 559 g/mol. The number of piperidine rings is 1. The van der Waals surface area contributed by atoms with Gasteiger partial charge < -0.3 is 19.7 Å². The van der Waals surface area contributed by atoms with E-state index in [2.05, 4.69) is 25.1 Å². The minimum absolute atomic E-state index is 0.206. The zero-order valence-corrected chi connectivity index (χ0v) is 22.9. The molecule has 0 radical (unpaired) electrons. The summed E-state index contributed by atoms with van der Waals surface area (Å²) in [5, 5.41) is 3.79. The van der Waals surface area contributed by atoms with Crippen LogP contribution in [0.2, 0.25) is 0 Å². The number of nitrogens with one attached hydrogen (secondary N) is 1. The number of rotatable bonds is 7. The molecule has 2 aliphatic heterocycles. The molecule has 0 amide bonds. The lowest BCUT2D eigenvalue weighted by Crippen LogP contribution is -2.37. The van der Waals surface area contributed by atoms with E-state index in [1.807, 2.05) is 37.4 Å². The molecule has 3 aromatic heterocycles. The Kier molecular flexibility index (Phi) is 7.84. The highest BCUT2D eigenvalue weighted by Crippen LogP contribution is 2.40. The molecule has 8 nitrogen and oxygen atoms in total. The van der Waals surface area contributed by atoms with Crippen molar-refractivity contribution in [1.82, 2.24) is 19.9 Å². The maximum Gasteiger partial charge on any atom is 0.137 e. The molecule has 0 atom stereocenters. The summed E-state index contributed by atoms with van der Waals surface area (Å²) in [7, 11) is 0. The van der Waals surface area contributed by atoms with Gasteiger partial charge in [-0.05, 0) is 56.5 Å². The quantitative estimate of drug-likeness (QED) is 0.309. The van der Waals surface area contributed by atoms with Crippen LogP contribution in [0.1, 0.15) is 29.9 Å². The van der Waals surface area contributed by atoms with Gasteiger partial charge in [-0.25, -0.2) is 18.7 Å². The smallest absolute Gasteiger partial charge is 0.137 e. The fourth-order valence-corrected chi connectivity index (χ4v) is 5.83. The Morgan fingerprint density at radius 1 is 1.07 bits per heavy atom. The van der Waals surface area contributed by atoms with Crippen LogP contribution in [-0.4, -0.2) is 72.1 Å². The van der Waals surface area contributed by atoms with Gasteiger partial charge in [0.05, 0.1) is 47.7 Å². The zero-order valence-electron chi connectivity index (χ0n) is 22.9. The zero-order chi connectivity index (χ0) is 28.3. The van der Waals surface area contributed by atoms with Crippen LogP contribution in [0.5, 0.6) is 0 Å². The molecular formula is C31H32F2N6O2. The van der Waals surface area contributed by atoms with Gasteiger partial charge in [0, 0.05) is 54.9 Å². The van der Waals surface area contributed by atoms with Gasteiger partial charge in [0.15, 0.2) is 0 Å². The summed E-state index contributed by atoms with van der Waals surface area (Å²) in [4.78, 5) is 29.3. The van der Waals surface area contributed by atoms with E-state index in [1.54, 1.807) is 6.20 Å². The number of pyridine rings is 3. The predicted octanol–water partition coefficient (Wildman–Crippen LogP) is 5.24. The minimum atomic E-state index is -0.689. The van der Waals surface area contributed by atoms with Gasteiger partial charge in [-0.15, -0.1) is 0 Å². The van der Waals surface area contributed by atoms with Crippen LogP contribution in [0.25, 0.3) is 22.3 Å². The maximum absolute atomic E-state index is 15.5. The Balaban J connectivity index is 1.48. The molecule has 2 fully saturated rings. The van der Waals surface area contributed by atoms with Gasteiger partial charge in [0.1, 0.15) is 23.7 Å². The summed E-state index contributed by atoms with van der Waals surface area (Å²) >= 11 is 0. The number of aromatic nitrogens is 3. The molecule has 5 heterocycles. The van der Waals surface area contributed by atoms with Gasteiger partial charge in [-0.3, -0.25) is 9.88 Å². The Labute approximate surface area is 237 Å². The Morgan fingerprint density at radius 2 is 1.88 bits per heavy atom. The Bertz CT molecular complexity index is 1550. The molecular weight excluding hydrogens is 526 g/mol. The van der Waals surface area contributed by atoms with Crippen LogP contribution >= 0.6 is 0 Å². The number of hydrogen-bond donors (Lipinski definition) is 1. The summed E-state index contributed by atoms with van der Waals surface area (Å²) in [6.07, 6.45) is 6.28. The highest BCUT2D eigenvalue weighted by atomic mass is 19.1. The second-order valence-corrected chi connectivity index (χ2v) is 10.6. The number of aldehydes is 1. The van der Waals surface area contributed by atoms with Crippen molar-refractivity contribution in [3.05, 3.63) is 71.6 Å². The van der Waals surface area contributed by atoms with E-state index in [9.17, 15) is 9.18 Å². The first kappa shape index (κ1) is 27.2. The number of benzene rings is 1. The van der Waals surface area contributed by atoms with Crippen molar-refractivity contribution in [2.45, 2.75) is 25.7 Å². The lowest BCUT2D eigenvalue weighted by atomic mass is 9.89. The predicted molar refractivity (Wildman–Crippen MR) is 155 cm³/mol. The molecule has 1 aromatic carbocycles. The van der Waals surface area contributed by atoms with E-state index in [1.165, 1.54) is 6.07 Å². The molecule has 1 N–H and O–H groups in total. The second kappa shape index (κ2) is 11.8. The van der Waals surface area contributed by atoms with Crippen LogP contribution < -0.4 is 10.2 Å². The number of morpholine rings is 1. The van der Waals surface area contributed by atoms with Crippen molar-refractivity contribution < 1.29 is 18.3 Å². The summed E-state index contributed by atoms with van der Waals surface area (Å²) in [6, 6.07) is 9.68. The molecule has 212 valence electrons. The van der Waals surface area contributed by atoms with Crippen molar-refractivity contribution in [1.29, 1.82) is 0 Å². The first-order valence-electron chi connectivity index (χ1n) is 14.0. The van der Waals surface area contributed by atoms with Gasteiger partial charge in [0.2, 0.25) is 0 Å². The molecule has 6 rings (SSSR count). The normalized spacial score (nSPS) is 16.7. The molecule has 0 spiro atoms. The third-order valence-corrected chi connectivity index (χ3v) is 8.03. The van der Waals surface area contributed by atoms with Crippen LogP contribution in [0.15, 0.2) is 48.8 Å². The Morgan fingerprint density at radius 3 is 2.61 bits per heavy atom. The lowest BCUT2D eigenvalue weighted by Gasteiger charge is -2.33. The first-order chi connectivity index (χ1) is 20.0. The number of ether oxygens (including phenoxy) is 1. The van der Waals surface area contributed by atoms with Gasteiger partial charge in [0.25, 0.3) is 0 Å². The third kappa shape index (κ3) is 5.62. The fraction of sp³-hybridized carbons (Fsp3) is 0.355. The number of anilines is 3. The van der Waals surface area contributed by atoms with E-state index < -0.39 is 11.6 Å². The Hall–Kier alpha value is -4.02. The summed E-state index contributed by atoms with van der Waals surface area (Å²) in [5.41, 5.74) is 4.45. The standard InChI is InChI=1S/C31H32F2N6O2/c1-20-30(25-4-2-3-7-34-25)37-27-17-22(32)16-24(33)29(27)31(20)36-26-18-28(39-11-14-41-15-12-39)35-19-23(26)21-5-8-38(9-6-21)10-13-40/h2-4,7,13,16-19,21H,5-6,8-12,14-15H2,1H3,(H,35,36,37). The summed E-state index contributed by atoms with van der Waals surface area (Å²) < 4.78 is 35.4. The number of halogens is 2. The SMILES string of the molecule is Cc1c(-c2ccccn2)nc2cc(F)cc(F)c2c1Nc1cc(N2CCOCC2)ncc1C1CCN(CC=O)CC1. The number of fused-ring (bicyclic) bond motifs is 1. The average Bonchev–Trinajstić information content (AvgIpc) is 3.00. The molecule has 41 heavy (non-hydrogen) atoms. The van der Waals surface area contributed by atoms with Crippen molar-refractivity contribution in [2.24, 2.45) is 0 Å². The molecule has 0 saturated carbocycles. The van der Waals surface area contributed by atoms with Crippen molar-refractivity contribution in [3.63, 3.8) is 0 Å². The molecule has 10 heteroatoms. The van der Waals surface area contributed by atoms with E-state index in [0.29, 0.717) is 42.4 Å². The van der Waals surface area contributed by atoms with Crippen molar-refractivity contribution in [3.8, 4) is 11.4 Å². The van der Waals surface area contributed by atoms with Crippen molar-refractivity contribution in [2.75, 3.05) is 56.2 Å². The number of likely N-dealkylation sites (tertiary alicyclic amines) is 1. The first-order valence-corrected chi connectivity index (χ1v) is 14.0. The fourth-order valence-electron chi connectivity index (χ4n) is 5.83. The van der Waals surface area contributed by atoms with Gasteiger partial charge in [-0.1, -0.05) is 6.07 Å². The maximum atomic E-state index is 15.5. The monoisotopic (exact) mass is 558 g/mol. The summed E-state index contributed by atoms with van der Waals surface area (Å²) in [5.74, 6) is -0.356. The van der Waals surface area contributed by atoms with Crippen LogP contribution in [0.3, 0.4) is 0 Å². The number of hydrogen-bond acceptors (Lipinski definition) is 8. The van der Waals surface area contributed by atoms with E-state index in [-0.39, 0.29) is 16.8 Å². The van der Waals surface area contributed by atoms with E-state index >= 15 is 4.39 Å². The molecule has 2 aliphatic rings. The highest BCUT2D eigenvalue weighted by Gasteiger charge is 2.26. The molecule has 0 unspecified atom stereocenters. The second-order valence-electron chi connectivity index (χ2n) is 10.6. The summed E-state index contributed by atoms with van der Waals surface area (Å²) in [6.45, 7) is 6.63.